The SMILES string of the molecule is COc1ccc(C[C@@H](C(=O)Nc2ccc(I)cc2)[C@H](C)C(=O)[O-])cc1. The fourth-order valence-electron chi connectivity index (χ4n) is 2.44. The number of anilines is 1. The van der Waals surface area contributed by atoms with Crippen molar-refractivity contribution >= 4 is 40.2 Å². The Balaban J connectivity index is 2.17. The number of amides is 1. The lowest BCUT2D eigenvalue weighted by molar-refractivity contribution is -0.312. The van der Waals surface area contributed by atoms with Gasteiger partial charge in [0.2, 0.25) is 5.91 Å². The molecular formula is C19H19INO4-. The van der Waals surface area contributed by atoms with Gasteiger partial charge in [0.25, 0.3) is 0 Å². The van der Waals surface area contributed by atoms with Crippen LogP contribution in [0.2, 0.25) is 0 Å². The van der Waals surface area contributed by atoms with Crippen molar-refractivity contribution in [2.24, 2.45) is 11.8 Å². The van der Waals surface area contributed by atoms with Crippen LogP contribution in [0, 0.1) is 15.4 Å². The zero-order valence-electron chi connectivity index (χ0n) is 14.0. The highest BCUT2D eigenvalue weighted by Gasteiger charge is 2.26. The second-order valence-corrected chi connectivity index (χ2v) is 7.01. The molecule has 0 saturated carbocycles. The van der Waals surface area contributed by atoms with Gasteiger partial charge in [0.05, 0.1) is 13.0 Å². The Kier molecular flexibility index (Phi) is 6.81. The van der Waals surface area contributed by atoms with E-state index in [1.807, 2.05) is 24.3 Å². The first-order valence-electron chi connectivity index (χ1n) is 7.81. The standard InChI is InChI=1S/C19H20INO4/c1-12(19(23)24)17(11-13-3-9-16(25-2)10-4-13)18(22)21-15-7-5-14(20)6-8-15/h3-10,12,17H,11H2,1-2H3,(H,21,22)(H,23,24)/p-1/t12-,17+/m0/s1. The molecule has 0 aliphatic rings. The zero-order valence-corrected chi connectivity index (χ0v) is 16.1. The van der Waals surface area contributed by atoms with Crippen molar-refractivity contribution in [3.05, 3.63) is 57.7 Å². The molecule has 5 nitrogen and oxygen atoms in total. The smallest absolute Gasteiger partial charge is 0.228 e. The maximum absolute atomic E-state index is 12.6. The minimum Gasteiger partial charge on any atom is -0.550 e. The van der Waals surface area contributed by atoms with E-state index in [0.29, 0.717) is 17.9 Å². The number of halogens is 1. The molecule has 2 atom stereocenters. The molecule has 0 aliphatic heterocycles. The van der Waals surface area contributed by atoms with Gasteiger partial charge in [-0.25, -0.2) is 0 Å². The maximum atomic E-state index is 12.6. The molecule has 0 aliphatic carbocycles. The van der Waals surface area contributed by atoms with Crippen molar-refractivity contribution < 1.29 is 19.4 Å². The number of carbonyl (C=O) groups excluding carboxylic acids is 2. The van der Waals surface area contributed by atoms with E-state index in [2.05, 4.69) is 27.9 Å². The van der Waals surface area contributed by atoms with Crippen LogP contribution in [0.15, 0.2) is 48.5 Å². The molecule has 0 heterocycles. The summed E-state index contributed by atoms with van der Waals surface area (Å²) in [4.78, 5) is 24.0. The molecule has 0 bridgehead atoms. The van der Waals surface area contributed by atoms with E-state index < -0.39 is 17.8 Å². The summed E-state index contributed by atoms with van der Waals surface area (Å²) in [6.07, 6.45) is 0.301. The van der Waals surface area contributed by atoms with E-state index in [1.165, 1.54) is 6.92 Å². The Hall–Kier alpha value is -2.09. The van der Waals surface area contributed by atoms with Gasteiger partial charge >= 0.3 is 0 Å². The van der Waals surface area contributed by atoms with Crippen molar-refractivity contribution in [3.8, 4) is 5.75 Å². The molecule has 0 aromatic heterocycles. The van der Waals surface area contributed by atoms with Crippen LogP contribution >= 0.6 is 22.6 Å². The number of ether oxygens (including phenoxy) is 1. The Bertz CT molecular complexity index is 728. The van der Waals surface area contributed by atoms with Crippen LogP contribution in [0.3, 0.4) is 0 Å². The van der Waals surface area contributed by atoms with Gasteiger partial charge in [0.1, 0.15) is 5.75 Å². The van der Waals surface area contributed by atoms with Gasteiger partial charge in [-0.1, -0.05) is 19.1 Å². The van der Waals surface area contributed by atoms with E-state index in [-0.39, 0.29) is 5.91 Å². The van der Waals surface area contributed by atoms with Crippen LogP contribution in [0.4, 0.5) is 5.69 Å². The minimum absolute atomic E-state index is 0.301. The summed E-state index contributed by atoms with van der Waals surface area (Å²) in [5, 5.41) is 14.1. The molecule has 0 saturated heterocycles. The summed E-state index contributed by atoms with van der Waals surface area (Å²) < 4.78 is 6.16. The summed E-state index contributed by atoms with van der Waals surface area (Å²) in [6.45, 7) is 1.50. The Morgan fingerprint density at radius 2 is 1.72 bits per heavy atom. The van der Waals surface area contributed by atoms with Crippen LogP contribution < -0.4 is 15.2 Å². The molecule has 0 fully saturated rings. The number of rotatable bonds is 7. The van der Waals surface area contributed by atoms with Crippen molar-refractivity contribution in [2.75, 3.05) is 12.4 Å². The largest absolute Gasteiger partial charge is 0.550 e. The number of aliphatic carboxylic acids is 1. The molecule has 0 spiro atoms. The van der Waals surface area contributed by atoms with Gasteiger partial charge < -0.3 is 20.0 Å². The Labute approximate surface area is 160 Å². The van der Waals surface area contributed by atoms with E-state index in [9.17, 15) is 14.7 Å². The first-order valence-corrected chi connectivity index (χ1v) is 8.89. The molecule has 132 valence electrons. The third kappa shape index (κ3) is 5.45. The lowest BCUT2D eigenvalue weighted by Crippen LogP contribution is -2.40. The number of hydrogen-bond donors (Lipinski definition) is 1. The van der Waals surface area contributed by atoms with Gasteiger partial charge in [-0.2, -0.15) is 0 Å². The molecular weight excluding hydrogens is 433 g/mol. The first kappa shape index (κ1) is 19.2. The second-order valence-electron chi connectivity index (χ2n) is 5.76. The highest BCUT2D eigenvalue weighted by atomic mass is 127. The monoisotopic (exact) mass is 452 g/mol. The summed E-state index contributed by atoms with van der Waals surface area (Å²) in [5.41, 5.74) is 1.49. The van der Waals surface area contributed by atoms with Crippen molar-refractivity contribution in [2.45, 2.75) is 13.3 Å². The van der Waals surface area contributed by atoms with Crippen molar-refractivity contribution in [1.29, 1.82) is 0 Å². The molecule has 6 heteroatoms. The van der Waals surface area contributed by atoms with E-state index in [0.717, 1.165) is 9.13 Å². The lowest BCUT2D eigenvalue weighted by Gasteiger charge is -2.24. The normalized spacial score (nSPS) is 12.9. The maximum Gasteiger partial charge on any atom is 0.228 e. The number of benzene rings is 2. The summed E-state index contributed by atoms with van der Waals surface area (Å²) >= 11 is 2.17. The molecule has 0 unspecified atom stereocenters. The highest BCUT2D eigenvalue weighted by Crippen LogP contribution is 2.22. The lowest BCUT2D eigenvalue weighted by atomic mass is 9.87. The molecule has 0 radical (unpaired) electrons. The number of methoxy groups -OCH3 is 1. The van der Waals surface area contributed by atoms with Gasteiger partial charge in [0.15, 0.2) is 0 Å². The molecule has 2 aromatic rings. The van der Waals surface area contributed by atoms with Crippen LogP contribution in [0.25, 0.3) is 0 Å². The number of nitrogens with one attached hydrogen (secondary N) is 1. The zero-order chi connectivity index (χ0) is 18.4. The topological polar surface area (TPSA) is 78.5 Å². The number of carboxylic acids is 1. The average Bonchev–Trinajstić information content (AvgIpc) is 2.61. The average molecular weight is 452 g/mol. The molecule has 2 aromatic carbocycles. The third-order valence-corrected chi connectivity index (χ3v) is 4.76. The van der Waals surface area contributed by atoms with E-state index in [1.54, 1.807) is 31.4 Å². The van der Waals surface area contributed by atoms with Crippen LogP contribution in [0.1, 0.15) is 12.5 Å². The van der Waals surface area contributed by atoms with Gasteiger partial charge in [-0.3, -0.25) is 4.79 Å². The summed E-state index contributed by atoms with van der Waals surface area (Å²) in [7, 11) is 1.57. The number of hydrogen-bond acceptors (Lipinski definition) is 4. The van der Waals surface area contributed by atoms with E-state index >= 15 is 0 Å². The van der Waals surface area contributed by atoms with Crippen molar-refractivity contribution in [1.82, 2.24) is 0 Å². The Morgan fingerprint density at radius 1 is 1.12 bits per heavy atom. The Morgan fingerprint density at radius 3 is 2.24 bits per heavy atom. The van der Waals surface area contributed by atoms with Gasteiger partial charge in [-0.15, -0.1) is 0 Å². The quantitative estimate of drug-likeness (QED) is 0.655. The fraction of sp³-hybridized carbons (Fsp3) is 0.263. The van der Waals surface area contributed by atoms with Gasteiger partial charge in [0, 0.05) is 21.1 Å². The van der Waals surface area contributed by atoms with Crippen LogP contribution in [-0.2, 0) is 16.0 Å². The molecule has 1 amide bonds. The highest BCUT2D eigenvalue weighted by molar-refractivity contribution is 14.1. The van der Waals surface area contributed by atoms with Crippen LogP contribution in [-0.4, -0.2) is 19.0 Å². The molecule has 2 rings (SSSR count). The minimum atomic E-state index is -1.24. The van der Waals surface area contributed by atoms with Crippen LogP contribution in [0.5, 0.6) is 5.75 Å². The summed E-state index contributed by atoms with van der Waals surface area (Å²) in [6, 6.07) is 14.5. The first-order chi connectivity index (χ1) is 11.9. The second kappa shape index (κ2) is 8.84. The number of carboxylic acid groups (broad SMARTS) is 1. The van der Waals surface area contributed by atoms with Crippen molar-refractivity contribution in [3.63, 3.8) is 0 Å². The molecule has 25 heavy (non-hydrogen) atoms. The predicted octanol–water partition coefficient (Wildman–Crippen LogP) is 2.48. The fourth-order valence-corrected chi connectivity index (χ4v) is 2.80. The summed E-state index contributed by atoms with van der Waals surface area (Å²) in [5.74, 6) is -2.52. The van der Waals surface area contributed by atoms with Gasteiger partial charge in [-0.05, 0) is 71.0 Å². The molecule has 1 N–H and O–H groups in total. The number of carbonyl (C=O) groups is 2. The predicted molar refractivity (Wildman–Crippen MR) is 102 cm³/mol. The third-order valence-electron chi connectivity index (χ3n) is 4.04. The van der Waals surface area contributed by atoms with E-state index in [4.69, 9.17) is 4.74 Å².